The van der Waals surface area contributed by atoms with Crippen molar-refractivity contribution in [2.24, 2.45) is 0 Å². The number of nitrogens with one attached hydrogen (secondary N) is 1. The van der Waals surface area contributed by atoms with Crippen LogP contribution in [0.3, 0.4) is 0 Å². The first-order chi connectivity index (χ1) is 13.5. The molecule has 28 heavy (non-hydrogen) atoms. The Morgan fingerprint density at radius 1 is 1.32 bits per heavy atom. The van der Waals surface area contributed by atoms with Crippen LogP contribution in [0.15, 0.2) is 59.3 Å². The van der Waals surface area contributed by atoms with Crippen molar-refractivity contribution in [3.8, 4) is 5.75 Å². The summed E-state index contributed by atoms with van der Waals surface area (Å²) >= 11 is 0. The van der Waals surface area contributed by atoms with E-state index in [0.29, 0.717) is 5.69 Å². The van der Waals surface area contributed by atoms with Crippen LogP contribution in [0, 0.1) is 10.1 Å². The number of carbonyl (C=O) groups is 1. The van der Waals surface area contributed by atoms with E-state index in [1.165, 1.54) is 36.0 Å². The largest absolute Gasteiger partial charge is 0.471 e. The van der Waals surface area contributed by atoms with Crippen LogP contribution >= 0.6 is 0 Å². The molecule has 144 valence electrons. The maximum absolute atomic E-state index is 11.9. The van der Waals surface area contributed by atoms with Crippen molar-refractivity contribution < 1.29 is 18.9 Å². The normalized spacial score (nSPS) is 10.9. The van der Waals surface area contributed by atoms with Crippen molar-refractivity contribution in [2.75, 3.05) is 5.32 Å². The first-order valence-corrected chi connectivity index (χ1v) is 8.51. The van der Waals surface area contributed by atoms with E-state index >= 15 is 0 Å². The zero-order chi connectivity index (χ0) is 19.9. The Morgan fingerprint density at radius 2 is 2.11 bits per heavy atom. The molecule has 9 nitrogen and oxygen atoms in total. The summed E-state index contributed by atoms with van der Waals surface area (Å²) in [4.78, 5) is 21.8. The van der Waals surface area contributed by atoms with Gasteiger partial charge in [0.25, 0.3) is 0 Å². The summed E-state index contributed by atoms with van der Waals surface area (Å²) in [7, 11) is 0. The number of amides is 1. The molecule has 0 fully saturated rings. The Morgan fingerprint density at radius 3 is 2.79 bits per heavy atom. The van der Waals surface area contributed by atoms with Gasteiger partial charge in [-0.25, -0.2) is 4.68 Å². The van der Waals surface area contributed by atoms with Crippen LogP contribution in [0.2, 0.25) is 0 Å². The number of aromatic nitrogens is 2. The minimum absolute atomic E-state index is 0.202. The third kappa shape index (κ3) is 5.07. The fourth-order valence-corrected chi connectivity index (χ4v) is 2.33. The molecule has 0 bridgehead atoms. The van der Waals surface area contributed by atoms with E-state index in [2.05, 4.69) is 17.3 Å². The molecule has 1 amide bonds. The lowest BCUT2D eigenvalue weighted by molar-refractivity contribution is -0.402. The second kappa shape index (κ2) is 8.67. The average molecular weight is 382 g/mol. The van der Waals surface area contributed by atoms with Gasteiger partial charge in [-0.15, -0.1) is 0 Å². The molecule has 0 aliphatic rings. The molecule has 9 heteroatoms. The number of anilines is 1. The van der Waals surface area contributed by atoms with Gasteiger partial charge >= 0.3 is 5.88 Å². The van der Waals surface area contributed by atoms with Crippen molar-refractivity contribution in [3.05, 3.63) is 76.3 Å². The van der Waals surface area contributed by atoms with Crippen LogP contribution in [0.4, 0.5) is 11.6 Å². The van der Waals surface area contributed by atoms with Gasteiger partial charge in [0.05, 0.1) is 24.1 Å². The Balaban J connectivity index is 1.50. The van der Waals surface area contributed by atoms with E-state index in [9.17, 15) is 14.9 Å². The number of aryl methyl sites for hydroxylation is 1. The quantitative estimate of drug-likeness (QED) is 0.362. The highest BCUT2D eigenvalue weighted by Crippen LogP contribution is 2.17. The Labute approximate surface area is 160 Å². The van der Waals surface area contributed by atoms with Gasteiger partial charge < -0.3 is 14.5 Å². The van der Waals surface area contributed by atoms with Crippen molar-refractivity contribution in [1.82, 2.24) is 9.78 Å². The number of hydrogen-bond donors (Lipinski definition) is 1. The molecule has 1 aromatic carbocycles. The first kappa shape index (κ1) is 18.9. The zero-order valence-electron chi connectivity index (χ0n) is 15.1. The number of benzene rings is 1. The van der Waals surface area contributed by atoms with E-state index in [1.54, 1.807) is 10.9 Å². The summed E-state index contributed by atoms with van der Waals surface area (Å²) in [6, 6.07) is 10.4. The first-order valence-electron chi connectivity index (χ1n) is 8.51. The van der Waals surface area contributed by atoms with Gasteiger partial charge in [0.2, 0.25) is 5.91 Å². The lowest BCUT2D eigenvalue weighted by Crippen LogP contribution is -2.08. The molecule has 0 aliphatic heterocycles. The Kier molecular flexibility index (Phi) is 5.85. The van der Waals surface area contributed by atoms with Crippen LogP contribution < -0.4 is 10.1 Å². The van der Waals surface area contributed by atoms with Crippen LogP contribution in [0.1, 0.15) is 18.2 Å². The number of furan rings is 1. The molecular formula is C19H18N4O5. The highest BCUT2D eigenvalue weighted by molar-refractivity contribution is 6.01. The zero-order valence-corrected chi connectivity index (χ0v) is 15.1. The standard InChI is InChI=1S/C19H18N4O5/c1-2-14-3-5-16(6-4-14)27-13-22-12-15(11-20-22)21-18(24)9-7-17-8-10-19(28-17)23(25)26/h3-12H,2,13H2,1H3,(H,21,24)/b9-7+. The van der Waals surface area contributed by atoms with Gasteiger partial charge in [-0.1, -0.05) is 19.1 Å². The monoisotopic (exact) mass is 382 g/mol. The molecule has 0 atom stereocenters. The third-order valence-electron chi connectivity index (χ3n) is 3.79. The smallest absolute Gasteiger partial charge is 0.433 e. The van der Waals surface area contributed by atoms with Gasteiger partial charge in [0.15, 0.2) is 6.73 Å². The molecule has 0 aliphatic carbocycles. The van der Waals surface area contributed by atoms with Gasteiger partial charge in [-0.05, 0) is 36.3 Å². The number of nitro groups is 1. The van der Waals surface area contributed by atoms with Crippen LogP contribution in [0.25, 0.3) is 6.08 Å². The number of hydrogen-bond acceptors (Lipinski definition) is 6. The fourth-order valence-electron chi connectivity index (χ4n) is 2.33. The van der Waals surface area contributed by atoms with Crippen molar-refractivity contribution >= 4 is 23.6 Å². The summed E-state index contributed by atoms with van der Waals surface area (Å²) in [6.07, 6.45) is 6.65. The summed E-state index contributed by atoms with van der Waals surface area (Å²) in [6.45, 7) is 2.29. The van der Waals surface area contributed by atoms with Gasteiger partial charge in [0, 0.05) is 6.08 Å². The highest BCUT2D eigenvalue weighted by Gasteiger charge is 2.10. The molecule has 0 unspecified atom stereocenters. The fraction of sp³-hybridized carbons (Fsp3) is 0.158. The van der Waals surface area contributed by atoms with E-state index in [-0.39, 0.29) is 18.4 Å². The van der Waals surface area contributed by atoms with E-state index in [4.69, 9.17) is 9.15 Å². The van der Waals surface area contributed by atoms with Gasteiger partial charge in [-0.3, -0.25) is 14.9 Å². The summed E-state index contributed by atoms with van der Waals surface area (Å²) in [5.74, 6) is 0.133. The van der Waals surface area contributed by atoms with E-state index < -0.39 is 10.8 Å². The predicted molar refractivity (Wildman–Crippen MR) is 102 cm³/mol. The Bertz CT molecular complexity index is 988. The molecule has 0 saturated carbocycles. The maximum Gasteiger partial charge on any atom is 0.433 e. The molecule has 1 N–H and O–H groups in total. The van der Waals surface area contributed by atoms with Crippen LogP contribution in [-0.2, 0) is 17.9 Å². The average Bonchev–Trinajstić information content (AvgIpc) is 3.35. The minimum Gasteiger partial charge on any atom is -0.471 e. The van der Waals surface area contributed by atoms with Gasteiger partial charge in [-0.2, -0.15) is 5.10 Å². The van der Waals surface area contributed by atoms with Crippen LogP contribution in [0.5, 0.6) is 5.75 Å². The number of rotatable bonds is 8. The molecule has 2 heterocycles. The summed E-state index contributed by atoms with van der Waals surface area (Å²) in [5.41, 5.74) is 1.72. The molecule has 3 aromatic rings. The number of ether oxygens (including phenoxy) is 1. The number of nitrogens with zero attached hydrogens (tertiary/aromatic N) is 3. The lowest BCUT2D eigenvalue weighted by Gasteiger charge is -2.06. The Hall–Kier alpha value is -3.88. The molecule has 0 spiro atoms. The molecule has 2 aromatic heterocycles. The highest BCUT2D eigenvalue weighted by atomic mass is 16.6. The second-order valence-corrected chi connectivity index (χ2v) is 5.80. The summed E-state index contributed by atoms with van der Waals surface area (Å²) < 4.78 is 12.1. The van der Waals surface area contributed by atoms with Crippen molar-refractivity contribution in [1.29, 1.82) is 0 Å². The second-order valence-electron chi connectivity index (χ2n) is 5.80. The number of carbonyl (C=O) groups excluding carboxylic acids is 1. The van der Waals surface area contributed by atoms with Crippen LogP contribution in [-0.4, -0.2) is 20.6 Å². The summed E-state index contributed by atoms with van der Waals surface area (Å²) in [5, 5.41) is 17.3. The topological polar surface area (TPSA) is 112 Å². The van der Waals surface area contributed by atoms with Crippen molar-refractivity contribution in [2.45, 2.75) is 20.1 Å². The lowest BCUT2D eigenvalue weighted by atomic mass is 10.2. The molecule has 0 saturated heterocycles. The SMILES string of the molecule is CCc1ccc(OCn2cc(NC(=O)/C=C/c3ccc([N+](=O)[O-])o3)cn2)cc1. The van der Waals surface area contributed by atoms with Gasteiger partial charge in [0.1, 0.15) is 16.4 Å². The molecule has 3 rings (SSSR count). The predicted octanol–water partition coefficient (Wildman–Crippen LogP) is 3.64. The minimum atomic E-state index is -0.647. The molecular weight excluding hydrogens is 364 g/mol. The van der Waals surface area contributed by atoms with Crippen molar-refractivity contribution in [3.63, 3.8) is 0 Å². The van der Waals surface area contributed by atoms with E-state index in [0.717, 1.165) is 12.2 Å². The van der Waals surface area contributed by atoms with E-state index in [1.807, 2.05) is 24.3 Å². The molecule has 0 radical (unpaired) electrons. The third-order valence-corrected chi connectivity index (χ3v) is 3.79. The maximum atomic E-state index is 11.9.